The van der Waals surface area contributed by atoms with Gasteiger partial charge in [-0.15, -0.1) is 0 Å². The van der Waals surface area contributed by atoms with E-state index in [-0.39, 0.29) is 11.3 Å². The second-order valence-electron chi connectivity index (χ2n) is 7.79. The van der Waals surface area contributed by atoms with E-state index in [1.54, 1.807) is 24.3 Å². The number of ketones is 1. The van der Waals surface area contributed by atoms with E-state index in [2.05, 4.69) is 6.58 Å². The summed E-state index contributed by atoms with van der Waals surface area (Å²) in [6.07, 6.45) is 1.66. The van der Waals surface area contributed by atoms with Crippen LogP contribution in [0.4, 0.5) is 0 Å². The number of aliphatic hydroxyl groups is 1. The van der Waals surface area contributed by atoms with E-state index in [0.717, 1.165) is 11.1 Å². The third kappa shape index (κ3) is 4.70. The van der Waals surface area contributed by atoms with Crippen molar-refractivity contribution in [1.29, 1.82) is 0 Å². The van der Waals surface area contributed by atoms with Crippen LogP contribution >= 0.6 is 0 Å². The van der Waals surface area contributed by atoms with Crippen LogP contribution in [0, 0.1) is 6.92 Å². The fraction of sp³-hybridized carbons (Fsp3) is 0.280. The van der Waals surface area contributed by atoms with E-state index in [0.29, 0.717) is 31.0 Å². The second-order valence-corrected chi connectivity index (χ2v) is 7.79. The minimum absolute atomic E-state index is 0.106. The number of benzene rings is 2. The van der Waals surface area contributed by atoms with Crippen molar-refractivity contribution in [3.05, 3.63) is 83.4 Å². The predicted molar refractivity (Wildman–Crippen MR) is 121 cm³/mol. The predicted octanol–water partition coefficient (Wildman–Crippen LogP) is 3.54. The Kier molecular flexibility index (Phi) is 6.92. The Morgan fingerprint density at radius 3 is 2.52 bits per heavy atom. The number of rotatable bonds is 8. The van der Waals surface area contributed by atoms with Gasteiger partial charge in [0, 0.05) is 18.7 Å². The van der Waals surface area contributed by atoms with Gasteiger partial charge in [0.1, 0.15) is 18.1 Å². The molecule has 1 N–H and O–H groups in total. The van der Waals surface area contributed by atoms with Gasteiger partial charge in [0.25, 0.3) is 11.7 Å². The van der Waals surface area contributed by atoms with Crippen molar-refractivity contribution in [3.63, 3.8) is 0 Å². The number of Topliss-reactive ketones (excluding diaryl/α,β-unsaturated/α-hetero) is 1. The molecule has 0 radical (unpaired) electrons. The van der Waals surface area contributed by atoms with Crippen LogP contribution in [0.2, 0.25) is 0 Å². The van der Waals surface area contributed by atoms with E-state index in [9.17, 15) is 14.7 Å². The number of carbonyl (C=O) groups excluding carboxylic acids is 2. The fourth-order valence-electron chi connectivity index (χ4n) is 3.66. The summed E-state index contributed by atoms with van der Waals surface area (Å²) in [6, 6.07) is 13.9. The number of amides is 1. The summed E-state index contributed by atoms with van der Waals surface area (Å²) in [5, 5.41) is 11.1. The number of aliphatic hydroxyl groups excluding tert-OH is 1. The molecule has 1 fully saturated rings. The molecule has 0 bridgehead atoms. The number of carbonyl (C=O) groups is 2. The molecule has 0 unspecified atom stereocenters. The van der Waals surface area contributed by atoms with Gasteiger partial charge in [-0.05, 0) is 50.3 Å². The summed E-state index contributed by atoms with van der Waals surface area (Å²) in [6.45, 7) is 6.85. The van der Waals surface area contributed by atoms with Crippen molar-refractivity contribution < 1.29 is 19.4 Å². The molecule has 6 nitrogen and oxygen atoms in total. The van der Waals surface area contributed by atoms with Gasteiger partial charge in [-0.3, -0.25) is 9.59 Å². The summed E-state index contributed by atoms with van der Waals surface area (Å²) in [5.74, 6) is -0.782. The molecule has 1 saturated heterocycles. The molecule has 2 aromatic rings. The lowest BCUT2D eigenvalue weighted by Gasteiger charge is -2.26. The largest absolute Gasteiger partial charge is 0.507 e. The zero-order chi connectivity index (χ0) is 22.5. The first kappa shape index (κ1) is 22.3. The second kappa shape index (κ2) is 9.62. The molecular formula is C25H28N2O4. The molecule has 0 aromatic heterocycles. The van der Waals surface area contributed by atoms with Crippen LogP contribution in [0.1, 0.15) is 22.7 Å². The molecule has 6 heteroatoms. The molecule has 1 amide bonds. The smallest absolute Gasteiger partial charge is 0.295 e. The summed E-state index contributed by atoms with van der Waals surface area (Å²) in [5.41, 5.74) is 2.16. The number of likely N-dealkylation sites (N-methyl/N-ethyl adjacent to an activating group) is 1. The van der Waals surface area contributed by atoms with E-state index in [4.69, 9.17) is 4.74 Å². The average Bonchev–Trinajstić information content (AvgIpc) is 3.01. The monoisotopic (exact) mass is 420 g/mol. The van der Waals surface area contributed by atoms with Gasteiger partial charge in [0.05, 0.1) is 11.6 Å². The maximum Gasteiger partial charge on any atom is 0.295 e. The maximum absolute atomic E-state index is 13.0. The van der Waals surface area contributed by atoms with Crippen LogP contribution in [-0.2, 0) is 9.59 Å². The van der Waals surface area contributed by atoms with Crippen molar-refractivity contribution in [3.8, 4) is 5.75 Å². The van der Waals surface area contributed by atoms with Crippen molar-refractivity contribution in [2.75, 3.05) is 33.8 Å². The SMILES string of the molecule is C=CCOc1ccc(C(O)=C2C(=O)C(=O)N(CCN(C)C)[C@@H]2c2ccccc2)cc1C. The van der Waals surface area contributed by atoms with Crippen molar-refractivity contribution in [1.82, 2.24) is 9.80 Å². The normalized spacial score (nSPS) is 17.9. The van der Waals surface area contributed by atoms with Crippen LogP contribution in [-0.4, -0.2) is 60.4 Å². The van der Waals surface area contributed by atoms with Crippen LogP contribution in [0.3, 0.4) is 0 Å². The van der Waals surface area contributed by atoms with E-state index in [1.807, 2.05) is 56.3 Å². The van der Waals surface area contributed by atoms with Gasteiger partial charge in [-0.1, -0.05) is 43.0 Å². The van der Waals surface area contributed by atoms with Crippen LogP contribution < -0.4 is 4.74 Å². The number of likely N-dealkylation sites (tertiary alicyclic amines) is 1. The molecule has 1 aliphatic heterocycles. The van der Waals surface area contributed by atoms with Crippen LogP contribution in [0.5, 0.6) is 5.75 Å². The Bertz CT molecular complexity index is 1010. The first-order valence-corrected chi connectivity index (χ1v) is 10.2. The molecule has 3 rings (SSSR count). The van der Waals surface area contributed by atoms with Gasteiger partial charge in [-0.2, -0.15) is 0 Å². The third-order valence-electron chi connectivity index (χ3n) is 5.25. The summed E-state index contributed by atoms with van der Waals surface area (Å²) in [7, 11) is 3.82. The average molecular weight is 421 g/mol. The van der Waals surface area contributed by atoms with E-state index in [1.165, 1.54) is 4.90 Å². The van der Waals surface area contributed by atoms with Crippen molar-refractivity contribution in [2.24, 2.45) is 0 Å². The van der Waals surface area contributed by atoms with Crippen LogP contribution in [0.25, 0.3) is 5.76 Å². The quantitative estimate of drug-likeness (QED) is 0.306. The lowest BCUT2D eigenvalue weighted by atomic mass is 9.95. The Morgan fingerprint density at radius 2 is 1.90 bits per heavy atom. The summed E-state index contributed by atoms with van der Waals surface area (Å²) in [4.78, 5) is 29.4. The zero-order valence-corrected chi connectivity index (χ0v) is 18.2. The first-order chi connectivity index (χ1) is 14.8. The van der Waals surface area contributed by atoms with E-state index >= 15 is 0 Å². The number of nitrogens with zero attached hydrogens (tertiary/aromatic N) is 2. The molecule has 1 atom stereocenters. The first-order valence-electron chi connectivity index (χ1n) is 10.2. The van der Waals surface area contributed by atoms with Gasteiger partial charge < -0.3 is 19.6 Å². The minimum atomic E-state index is -0.672. The van der Waals surface area contributed by atoms with Gasteiger partial charge >= 0.3 is 0 Å². The van der Waals surface area contributed by atoms with Gasteiger partial charge in [-0.25, -0.2) is 0 Å². The molecule has 0 saturated carbocycles. The Balaban J connectivity index is 2.08. The van der Waals surface area contributed by atoms with Gasteiger partial charge in [0.15, 0.2) is 0 Å². The Morgan fingerprint density at radius 1 is 1.19 bits per heavy atom. The molecule has 2 aromatic carbocycles. The topological polar surface area (TPSA) is 70.1 Å². The summed E-state index contributed by atoms with van der Waals surface area (Å²) >= 11 is 0. The van der Waals surface area contributed by atoms with Crippen LogP contribution in [0.15, 0.2) is 66.8 Å². The molecule has 1 aliphatic rings. The zero-order valence-electron chi connectivity index (χ0n) is 18.2. The number of hydrogen-bond acceptors (Lipinski definition) is 5. The van der Waals surface area contributed by atoms with Gasteiger partial charge in [0.2, 0.25) is 0 Å². The van der Waals surface area contributed by atoms with E-state index < -0.39 is 17.7 Å². The highest BCUT2D eigenvalue weighted by molar-refractivity contribution is 6.46. The third-order valence-corrected chi connectivity index (χ3v) is 5.25. The Hall–Kier alpha value is -3.38. The maximum atomic E-state index is 13.0. The highest BCUT2D eigenvalue weighted by Crippen LogP contribution is 2.39. The molecular weight excluding hydrogens is 392 g/mol. The summed E-state index contributed by atoms with van der Waals surface area (Å²) < 4.78 is 5.60. The molecule has 162 valence electrons. The number of hydrogen-bond donors (Lipinski definition) is 1. The Labute approximate surface area is 183 Å². The molecule has 0 spiro atoms. The molecule has 1 heterocycles. The molecule has 31 heavy (non-hydrogen) atoms. The fourth-order valence-corrected chi connectivity index (χ4v) is 3.66. The highest BCUT2D eigenvalue weighted by atomic mass is 16.5. The van der Waals surface area contributed by atoms with Crippen molar-refractivity contribution >= 4 is 17.4 Å². The lowest BCUT2D eigenvalue weighted by Crippen LogP contribution is -2.35. The van der Waals surface area contributed by atoms with Crippen molar-refractivity contribution in [2.45, 2.75) is 13.0 Å². The number of aryl methyl sites for hydroxylation is 1. The lowest BCUT2D eigenvalue weighted by molar-refractivity contribution is -0.140. The highest BCUT2D eigenvalue weighted by Gasteiger charge is 2.45. The standard InChI is InChI=1S/C25H28N2O4/c1-5-15-31-20-12-11-19(16-17(20)2)23(28)21-22(18-9-7-6-8-10-18)27(14-13-26(3)4)25(30)24(21)29/h5-12,16,22,28H,1,13-15H2,2-4H3/t22-/m1/s1. The molecule has 0 aliphatic carbocycles. The number of ether oxygens (including phenoxy) is 1. The minimum Gasteiger partial charge on any atom is -0.507 e.